The summed E-state index contributed by atoms with van der Waals surface area (Å²) in [6.07, 6.45) is 1.50. The summed E-state index contributed by atoms with van der Waals surface area (Å²) in [5.74, 6) is 0.168. The maximum absolute atomic E-state index is 13.5. The van der Waals surface area contributed by atoms with Gasteiger partial charge in [0.2, 0.25) is 0 Å². The Morgan fingerprint density at radius 3 is 2.41 bits per heavy atom. The molecule has 0 spiro atoms. The maximum Gasteiger partial charge on any atom is 0.261 e. The molecule has 1 aromatic heterocycles. The number of aryl methyl sites for hydroxylation is 3. The van der Waals surface area contributed by atoms with Gasteiger partial charge in [0.05, 0.1) is 17.7 Å². The summed E-state index contributed by atoms with van der Waals surface area (Å²) in [5, 5.41) is 4.88. The molecule has 0 atom stereocenters. The second-order valence-corrected chi connectivity index (χ2v) is 12.0. The van der Waals surface area contributed by atoms with E-state index in [2.05, 4.69) is 5.32 Å². The summed E-state index contributed by atoms with van der Waals surface area (Å²) in [5.41, 5.74) is 5.64. The van der Waals surface area contributed by atoms with Gasteiger partial charge in [0, 0.05) is 6.54 Å². The van der Waals surface area contributed by atoms with Crippen molar-refractivity contribution in [1.82, 2.24) is 5.32 Å². The van der Waals surface area contributed by atoms with Crippen LogP contribution in [0, 0.1) is 13.8 Å². The number of benzene rings is 3. The third-order valence-corrected chi connectivity index (χ3v) is 8.91. The third-order valence-electron chi connectivity index (χ3n) is 6.19. The van der Waals surface area contributed by atoms with Gasteiger partial charge in [-0.15, -0.1) is 11.3 Å². The second kappa shape index (κ2) is 11.8. The van der Waals surface area contributed by atoms with Gasteiger partial charge in [-0.3, -0.25) is 4.79 Å². The molecule has 7 heteroatoms. The fourth-order valence-electron chi connectivity index (χ4n) is 4.28. The summed E-state index contributed by atoms with van der Waals surface area (Å²) in [7, 11) is -2.17. The van der Waals surface area contributed by atoms with Crippen molar-refractivity contribution in [3.05, 3.63) is 105 Å². The molecule has 0 saturated heterocycles. The van der Waals surface area contributed by atoms with Gasteiger partial charge in [-0.1, -0.05) is 60.2 Å². The highest BCUT2D eigenvalue weighted by Crippen LogP contribution is 2.32. The zero-order valence-corrected chi connectivity index (χ0v) is 22.9. The topological polar surface area (TPSA) is 72.5 Å². The van der Waals surface area contributed by atoms with Crippen LogP contribution in [-0.2, 0) is 22.0 Å². The van der Waals surface area contributed by atoms with Crippen LogP contribution in [0.3, 0.4) is 0 Å². The Morgan fingerprint density at radius 1 is 0.919 bits per heavy atom. The predicted molar refractivity (Wildman–Crippen MR) is 150 cm³/mol. The van der Waals surface area contributed by atoms with Gasteiger partial charge in [-0.2, -0.15) is 0 Å². The monoisotopic (exact) mass is 533 g/mol. The van der Waals surface area contributed by atoms with Crippen LogP contribution in [0.1, 0.15) is 38.3 Å². The third kappa shape index (κ3) is 6.67. The molecule has 0 aliphatic carbocycles. The van der Waals surface area contributed by atoms with E-state index in [0.29, 0.717) is 12.3 Å². The molecule has 0 fully saturated rings. The van der Waals surface area contributed by atoms with Crippen LogP contribution in [0.15, 0.2) is 83.1 Å². The van der Waals surface area contributed by atoms with Crippen molar-refractivity contribution < 1.29 is 17.9 Å². The predicted octanol–water partition coefficient (Wildman–Crippen LogP) is 6.38. The molecule has 0 saturated carbocycles. The van der Waals surface area contributed by atoms with Crippen molar-refractivity contribution >= 4 is 27.1 Å². The molecule has 192 valence electrons. The second-order valence-electron chi connectivity index (χ2n) is 9.11. The van der Waals surface area contributed by atoms with Crippen molar-refractivity contribution in [3.8, 4) is 16.9 Å². The Balaban J connectivity index is 1.44. The molecule has 5 nitrogen and oxygen atoms in total. The molecule has 1 heterocycles. The molecule has 4 aromatic rings. The number of thiophene rings is 1. The fraction of sp³-hybridized carbons (Fsp3) is 0.233. The number of rotatable bonds is 10. The minimum absolute atomic E-state index is 0.0471. The number of methoxy groups -OCH3 is 1. The first-order valence-electron chi connectivity index (χ1n) is 12.1. The number of hydrogen-bond acceptors (Lipinski definition) is 5. The van der Waals surface area contributed by atoms with Gasteiger partial charge >= 0.3 is 0 Å². The van der Waals surface area contributed by atoms with Gasteiger partial charge in [-0.25, -0.2) is 8.42 Å². The number of amides is 1. The number of carbonyl (C=O) groups is 1. The molecule has 0 unspecified atom stereocenters. The molecule has 3 aromatic carbocycles. The number of hydrogen-bond donors (Lipinski definition) is 1. The number of carbonyl (C=O) groups excluding carboxylic acids is 1. The van der Waals surface area contributed by atoms with Crippen LogP contribution >= 0.6 is 11.3 Å². The molecule has 0 bridgehead atoms. The number of nitrogens with one attached hydrogen (secondary N) is 1. The lowest BCUT2D eigenvalue weighted by Gasteiger charge is -2.13. The van der Waals surface area contributed by atoms with Crippen molar-refractivity contribution in [2.75, 3.05) is 13.7 Å². The Morgan fingerprint density at radius 2 is 1.68 bits per heavy atom. The van der Waals surface area contributed by atoms with E-state index < -0.39 is 9.84 Å². The van der Waals surface area contributed by atoms with E-state index in [-0.39, 0.29) is 16.6 Å². The summed E-state index contributed by atoms with van der Waals surface area (Å²) < 4.78 is 32.4. The summed E-state index contributed by atoms with van der Waals surface area (Å²) in [6, 6.07) is 22.8. The van der Waals surface area contributed by atoms with E-state index in [9.17, 15) is 13.2 Å². The normalized spacial score (nSPS) is 11.3. The molecule has 37 heavy (non-hydrogen) atoms. The highest BCUT2D eigenvalue weighted by molar-refractivity contribution is 7.90. The Kier molecular flexibility index (Phi) is 8.46. The lowest BCUT2D eigenvalue weighted by atomic mass is 10.0. The van der Waals surface area contributed by atoms with Crippen LogP contribution in [-0.4, -0.2) is 28.0 Å². The van der Waals surface area contributed by atoms with E-state index >= 15 is 0 Å². The van der Waals surface area contributed by atoms with E-state index in [1.807, 2.05) is 79.9 Å². The summed E-state index contributed by atoms with van der Waals surface area (Å²) in [4.78, 5) is 13.2. The lowest BCUT2D eigenvalue weighted by Crippen LogP contribution is -2.24. The Bertz CT molecular complexity index is 1510. The summed E-state index contributed by atoms with van der Waals surface area (Å²) >= 11 is 1.44. The quantitative estimate of drug-likeness (QED) is 0.240. The molecule has 0 aliphatic heterocycles. The Labute approximate surface area is 223 Å². The molecule has 1 N–H and O–H groups in total. The van der Waals surface area contributed by atoms with Crippen LogP contribution in [0.5, 0.6) is 5.75 Å². The molecular weight excluding hydrogens is 502 g/mol. The van der Waals surface area contributed by atoms with Gasteiger partial charge in [0.15, 0.2) is 9.84 Å². The van der Waals surface area contributed by atoms with E-state index in [0.717, 1.165) is 51.1 Å². The highest BCUT2D eigenvalue weighted by atomic mass is 32.2. The number of ether oxygens (including phenoxy) is 1. The lowest BCUT2D eigenvalue weighted by molar-refractivity contribution is 0.0956. The Hall–Kier alpha value is -3.42. The van der Waals surface area contributed by atoms with E-state index in [4.69, 9.17) is 4.74 Å². The van der Waals surface area contributed by atoms with Crippen LogP contribution in [0.25, 0.3) is 11.1 Å². The molecule has 0 radical (unpaired) electrons. The van der Waals surface area contributed by atoms with E-state index in [1.165, 1.54) is 18.4 Å². The van der Waals surface area contributed by atoms with Gasteiger partial charge in [0.25, 0.3) is 5.91 Å². The van der Waals surface area contributed by atoms with E-state index in [1.54, 1.807) is 12.1 Å². The van der Waals surface area contributed by atoms with Gasteiger partial charge < -0.3 is 10.1 Å². The fourth-order valence-corrected chi connectivity index (χ4v) is 6.66. The van der Waals surface area contributed by atoms with Crippen LogP contribution in [0.2, 0.25) is 0 Å². The molecule has 0 aliphatic rings. The molecular formula is C30H31NO4S2. The SMILES string of the molecule is COc1ccc(-c2cccc(C)c2)cc1S(=O)(=O)Cc1cccc(CCCNC(=O)c2sccc2C)c1. The van der Waals surface area contributed by atoms with Crippen molar-refractivity contribution in [1.29, 1.82) is 0 Å². The van der Waals surface area contributed by atoms with Crippen molar-refractivity contribution in [3.63, 3.8) is 0 Å². The number of sulfone groups is 1. The highest BCUT2D eigenvalue weighted by Gasteiger charge is 2.21. The van der Waals surface area contributed by atoms with Crippen LogP contribution in [0.4, 0.5) is 0 Å². The first-order chi connectivity index (χ1) is 17.8. The first kappa shape index (κ1) is 26.6. The van der Waals surface area contributed by atoms with Gasteiger partial charge in [0.1, 0.15) is 10.6 Å². The molecule has 4 rings (SSSR count). The van der Waals surface area contributed by atoms with Crippen molar-refractivity contribution in [2.24, 2.45) is 0 Å². The van der Waals surface area contributed by atoms with Crippen molar-refractivity contribution in [2.45, 2.75) is 37.3 Å². The summed E-state index contributed by atoms with van der Waals surface area (Å²) in [6.45, 7) is 4.50. The average molecular weight is 534 g/mol. The standard InChI is InChI=1S/C30H31NO4S2/c1-21-7-4-11-25(17-21)26-12-13-27(35-3)28(19-26)37(33,34)20-24-9-5-8-23(18-24)10-6-15-31-30(32)29-22(2)14-16-36-29/h4-5,7-9,11-14,16-19H,6,10,15,20H2,1-3H3,(H,31,32). The van der Waals surface area contributed by atoms with Crippen LogP contribution < -0.4 is 10.1 Å². The first-order valence-corrected chi connectivity index (χ1v) is 14.7. The largest absolute Gasteiger partial charge is 0.495 e. The smallest absolute Gasteiger partial charge is 0.261 e. The minimum atomic E-state index is -3.66. The zero-order chi connectivity index (χ0) is 26.4. The zero-order valence-electron chi connectivity index (χ0n) is 21.3. The average Bonchev–Trinajstić information content (AvgIpc) is 3.32. The molecule has 1 amide bonds. The van der Waals surface area contributed by atoms with Gasteiger partial charge in [-0.05, 0) is 78.1 Å². The maximum atomic E-state index is 13.5. The minimum Gasteiger partial charge on any atom is -0.495 e.